The van der Waals surface area contributed by atoms with E-state index in [1.165, 1.54) is 19.2 Å². The van der Waals surface area contributed by atoms with Crippen molar-refractivity contribution in [3.05, 3.63) is 76.7 Å². The molecule has 4 aromatic rings. The van der Waals surface area contributed by atoms with Crippen molar-refractivity contribution in [3.8, 4) is 22.5 Å². The molecule has 0 saturated heterocycles. The summed E-state index contributed by atoms with van der Waals surface area (Å²) in [6.07, 6.45) is 0. The molecule has 0 fully saturated rings. The number of pyridine rings is 1. The minimum absolute atomic E-state index is 0.250. The van der Waals surface area contributed by atoms with Crippen molar-refractivity contribution in [3.63, 3.8) is 0 Å². The molecule has 0 aliphatic rings. The fraction of sp³-hybridized carbons (Fsp3) is 0.130. The fourth-order valence-electron chi connectivity index (χ4n) is 3.37. The Balaban J connectivity index is 1.90. The molecule has 0 saturated carbocycles. The summed E-state index contributed by atoms with van der Waals surface area (Å²) in [5.41, 5.74) is 3.83. The van der Waals surface area contributed by atoms with E-state index in [4.69, 9.17) is 20.8 Å². The van der Waals surface area contributed by atoms with Crippen LogP contribution in [0.15, 0.2) is 59.0 Å². The zero-order chi connectivity index (χ0) is 21.3. The highest BCUT2D eigenvalue weighted by atomic mass is 35.5. The summed E-state index contributed by atoms with van der Waals surface area (Å²) in [5, 5.41) is 4.17. The number of fused-ring (bicyclic) bond motifs is 1. The van der Waals surface area contributed by atoms with Crippen LogP contribution in [0, 0.1) is 5.82 Å². The van der Waals surface area contributed by atoms with E-state index < -0.39 is 5.97 Å². The average molecular weight is 425 g/mol. The number of esters is 1. The first-order valence-electron chi connectivity index (χ1n) is 9.23. The van der Waals surface area contributed by atoms with Gasteiger partial charge in [-0.2, -0.15) is 0 Å². The van der Waals surface area contributed by atoms with Gasteiger partial charge in [-0.3, -0.25) is 0 Å². The molecule has 1 N–H and O–H groups in total. The van der Waals surface area contributed by atoms with Crippen LogP contribution >= 0.6 is 11.6 Å². The van der Waals surface area contributed by atoms with Crippen molar-refractivity contribution in [2.24, 2.45) is 0 Å². The standard InChI is InChI=1S/C23H18ClFN2O3/c1-26-12-19-18-11-17(14-4-3-5-15(10-14)23(28)29-2)21(24)27-22(18)30-20(19)13-6-8-16(25)9-7-13/h3-11,26H,12H2,1-2H3. The molecule has 0 amide bonds. The van der Waals surface area contributed by atoms with Gasteiger partial charge < -0.3 is 14.5 Å². The Labute approximate surface area is 177 Å². The van der Waals surface area contributed by atoms with Gasteiger partial charge in [-0.15, -0.1) is 0 Å². The first kappa shape index (κ1) is 20.1. The minimum Gasteiger partial charge on any atom is -0.465 e. The minimum atomic E-state index is -0.431. The van der Waals surface area contributed by atoms with E-state index in [1.54, 1.807) is 30.3 Å². The van der Waals surface area contributed by atoms with Gasteiger partial charge in [0.1, 0.15) is 16.7 Å². The molecule has 0 radical (unpaired) electrons. The summed E-state index contributed by atoms with van der Waals surface area (Å²) >= 11 is 6.46. The van der Waals surface area contributed by atoms with E-state index in [1.807, 2.05) is 19.2 Å². The zero-order valence-corrected chi connectivity index (χ0v) is 17.1. The number of carbonyl (C=O) groups is 1. The first-order valence-corrected chi connectivity index (χ1v) is 9.61. The Kier molecular flexibility index (Phi) is 5.53. The second-order valence-electron chi connectivity index (χ2n) is 6.70. The summed E-state index contributed by atoms with van der Waals surface area (Å²) in [5.74, 6) is -0.151. The summed E-state index contributed by atoms with van der Waals surface area (Å²) in [7, 11) is 3.17. The van der Waals surface area contributed by atoms with E-state index in [9.17, 15) is 9.18 Å². The third-order valence-corrected chi connectivity index (χ3v) is 5.08. The van der Waals surface area contributed by atoms with Crippen molar-refractivity contribution in [2.45, 2.75) is 6.54 Å². The monoisotopic (exact) mass is 424 g/mol. The summed E-state index contributed by atoms with van der Waals surface area (Å²) in [6.45, 7) is 0.519. The van der Waals surface area contributed by atoms with Crippen molar-refractivity contribution in [1.29, 1.82) is 0 Å². The molecule has 152 valence electrons. The lowest BCUT2D eigenvalue weighted by molar-refractivity contribution is 0.0601. The molecular formula is C23H18ClFN2O3. The molecule has 0 aliphatic heterocycles. The lowest BCUT2D eigenvalue weighted by atomic mass is 10.0. The predicted molar refractivity (Wildman–Crippen MR) is 114 cm³/mol. The van der Waals surface area contributed by atoms with E-state index in [0.717, 1.165) is 22.1 Å². The number of methoxy groups -OCH3 is 1. The van der Waals surface area contributed by atoms with Gasteiger partial charge >= 0.3 is 5.97 Å². The molecule has 4 rings (SSSR count). The molecule has 5 nitrogen and oxygen atoms in total. The van der Waals surface area contributed by atoms with Crippen molar-refractivity contribution in [1.82, 2.24) is 10.3 Å². The topological polar surface area (TPSA) is 64.4 Å². The van der Waals surface area contributed by atoms with E-state index in [-0.39, 0.29) is 11.0 Å². The number of hydrogen-bond donors (Lipinski definition) is 1. The summed E-state index contributed by atoms with van der Waals surface area (Å²) in [6, 6.07) is 15.0. The molecule has 30 heavy (non-hydrogen) atoms. The second-order valence-corrected chi connectivity index (χ2v) is 7.06. The van der Waals surface area contributed by atoms with Crippen molar-refractivity contribution in [2.75, 3.05) is 14.2 Å². The number of rotatable bonds is 5. The highest BCUT2D eigenvalue weighted by Crippen LogP contribution is 2.37. The van der Waals surface area contributed by atoms with Crippen LogP contribution in [-0.2, 0) is 11.3 Å². The van der Waals surface area contributed by atoms with Crippen LogP contribution in [0.25, 0.3) is 33.6 Å². The zero-order valence-electron chi connectivity index (χ0n) is 16.3. The largest absolute Gasteiger partial charge is 0.465 e. The molecular weight excluding hydrogens is 407 g/mol. The molecule has 2 aromatic heterocycles. The Morgan fingerprint density at radius 1 is 1.17 bits per heavy atom. The molecule has 2 heterocycles. The van der Waals surface area contributed by atoms with Gasteiger partial charge in [0.2, 0.25) is 5.71 Å². The highest BCUT2D eigenvalue weighted by molar-refractivity contribution is 6.32. The molecule has 2 aromatic carbocycles. The highest BCUT2D eigenvalue weighted by Gasteiger charge is 2.20. The Hall–Kier alpha value is -3.22. The number of aromatic nitrogens is 1. The third kappa shape index (κ3) is 3.67. The maximum Gasteiger partial charge on any atom is 0.337 e. The average Bonchev–Trinajstić information content (AvgIpc) is 3.10. The molecule has 0 atom stereocenters. The summed E-state index contributed by atoms with van der Waals surface area (Å²) in [4.78, 5) is 16.3. The van der Waals surface area contributed by atoms with Crippen molar-refractivity contribution >= 4 is 28.7 Å². The van der Waals surface area contributed by atoms with Crippen LogP contribution < -0.4 is 5.32 Å². The quantitative estimate of drug-likeness (QED) is 0.340. The fourth-order valence-corrected chi connectivity index (χ4v) is 3.61. The Morgan fingerprint density at radius 2 is 1.93 bits per heavy atom. The van der Waals surface area contributed by atoms with Crippen LogP contribution in [-0.4, -0.2) is 25.1 Å². The van der Waals surface area contributed by atoms with Crippen LogP contribution in [0.2, 0.25) is 5.15 Å². The van der Waals surface area contributed by atoms with Gasteiger partial charge in [0.05, 0.1) is 12.7 Å². The number of nitrogens with zero attached hydrogens (tertiary/aromatic N) is 1. The van der Waals surface area contributed by atoms with Crippen LogP contribution in [0.5, 0.6) is 0 Å². The van der Waals surface area contributed by atoms with Crippen LogP contribution in [0.1, 0.15) is 15.9 Å². The smallest absolute Gasteiger partial charge is 0.337 e. The lowest BCUT2D eigenvalue weighted by Crippen LogP contribution is -2.05. The number of halogens is 2. The number of benzene rings is 2. The number of hydrogen-bond acceptors (Lipinski definition) is 5. The van der Waals surface area contributed by atoms with E-state index in [0.29, 0.717) is 29.1 Å². The van der Waals surface area contributed by atoms with Gasteiger partial charge in [-0.1, -0.05) is 23.7 Å². The number of nitrogens with one attached hydrogen (secondary N) is 1. The van der Waals surface area contributed by atoms with Gasteiger partial charge in [0.25, 0.3) is 0 Å². The number of carbonyl (C=O) groups excluding carboxylic acids is 1. The summed E-state index contributed by atoms with van der Waals surface area (Å²) < 4.78 is 24.2. The predicted octanol–water partition coefficient (Wildman–Crippen LogP) is 5.46. The Morgan fingerprint density at radius 3 is 2.63 bits per heavy atom. The maximum atomic E-state index is 13.4. The lowest BCUT2D eigenvalue weighted by Gasteiger charge is -2.07. The number of ether oxygens (including phenoxy) is 1. The van der Waals surface area contributed by atoms with E-state index >= 15 is 0 Å². The normalized spacial score (nSPS) is 11.1. The molecule has 0 spiro atoms. The van der Waals surface area contributed by atoms with Gasteiger partial charge in [-0.25, -0.2) is 14.2 Å². The van der Waals surface area contributed by atoms with Gasteiger partial charge in [-0.05, 0) is 55.1 Å². The van der Waals surface area contributed by atoms with E-state index in [2.05, 4.69) is 10.3 Å². The Bertz CT molecular complexity index is 1240. The second kappa shape index (κ2) is 8.26. The number of furan rings is 1. The molecule has 7 heteroatoms. The van der Waals surface area contributed by atoms with Gasteiger partial charge in [0, 0.05) is 28.6 Å². The van der Waals surface area contributed by atoms with Crippen LogP contribution in [0.4, 0.5) is 4.39 Å². The first-order chi connectivity index (χ1) is 14.5. The molecule has 0 aliphatic carbocycles. The van der Waals surface area contributed by atoms with Crippen molar-refractivity contribution < 1.29 is 18.3 Å². The molecule has 0 bridgehead atoms. The SMILES string of the molecule is CNCc1c(-c2ccc(F)cc2)oc2nc(Cl)c(-c3cccc(C(=O)OC)c3)cc12. The van der Waals surface area contributed by atoms with Gasteiger partial charge in [0.15, 0.2) is 0 Å². The molecule has 0 unspecified atom stereocenters. The third-order valence-electron chi connectivity index (χ3n) is 4.79. The van der Waals surface area contributed by atoms with Crippen LogP contribution in [0.3, 0.4) is 0 Å². The maximum absolute atomic E-state index is 13.4.